The Balaban J connectivity index is 2.96. The van der Waals surface area contributed by atoms with Gasteiger partial charge in [0, 0.05) is 5.69 Å². The lowest BCUT2D eigenvalue weighted by Crippen LogP contribution is -2.17. The first kappa shape index (κ1) is 11.1. The van der Waals surface area contributed by atoms with Crippen LogP contribution in [0, 0.1) is 6.92 Å². The zero-order valence-electron chi connectivity index (χ0n) is 6.84. The topological polar surface area (TPSA) is 33.1 Å². The maximum atomic E-state index is 9.52. The van der Waals surface area contributed by atoms with E-state index in [-0.39, 0.29) is 0 Å². The van der Waals surface area contributed by atoms with Gasteiger partial charge < -0.3 is 5.11 Å². The van der Waals surface area contributed by atoms with Crippen LogP contribution < -0.4 is 0 Å². The summed E-state index contributed by atoms with van der Waals surface area (Å²) < 4.78 is -1.74. The van der Waals surface area contributed by atoms with Crippen molar-refractivity contribution in [2.24, 2.45) is 0 Å². The summed E-state index contributed by atoms with van der Waals surface area (Å²) in [4.78, 5) is 4.04. The number of pyridine rings is 1. The third-order valence-corrected chi connectivity index (χ3v) is 2.12. The van der Waals surface area contributed by atoms with Gasteiger partial charge in [-0.25, -0.2) is 0 Å². The molecule has 0 saturated carbocycles. The molecule has 0 bridgehead atoms. The minimum atomic E-state index is -1.74. The van der Waals surface area contributed by atoms with E-state index in [0.29, 0.717) is 5.69 Å². The number of aliphatic hydroxyl groups is 1. The van der Waals surface area contributed by atoms with E-state index in [1.165, 1.54) is 0 Å². The monoisotopic (exact) mass is 239 g/mol. The van der Waals surface area contributed by atoms with Gasteiger partial charge in [0.15, 0.2) is 0 Å². The standard InChI is InChI=1S/C8H8Cl3NO/c1-5-3-2-4-6(12-5)7(13)8(9,10)11/h2-4,7,13H,1H3. The molecule has 0 fully saturated rings. The first-order valence-corrected chi connectivity index (χ1v) is 4.73. The molecule has 1 aromatic heterocycles. The third kappa shape index (κ3) is 2.99. The van der Waals surface area contributed by atoms with Crippen molar-refractivity contribution >= 4 is 34.8 Å². The van der Waals surface area contributed by atoms with E-state index in [4.69, 9.17) is 34.8 Å². The minimum absolute atomic E-state index is 0.361. The molecule has 0 radical (unpaired) electrons. The van der Waals surface area contributed by atoms with Crippen molar-refractivity contribution in [3.63, 3.8) is 0 Å². The second kappa shape index (κ2) is 4.01. The summed E-state index contributed by atoms with van der Waals surface area (Å²) in [5.74, 6) is 0. The van der Waals surface area contributed by atoms with Crippen molar-refractivity contribution in [1.29, 1.82) is 0 Å². The Morgan fingerprint density at radius 1 is 1.38 bits per heavy atom. The highest BCUT2D eigenvalue weighted by Gasteiger charge is 2.33. The number of alkyl halides is 3. The number of hydrogen-bond acceptors (Lipinski definition) is 2. The lowest BCUT2D eigenvalue weighted by Gasteiger charge is -2.18. The van der Waals surface area contributed by atoms with Gasteiger partial charge in [-0.2, -0.15) is 0 Å². The number of aliphatic hydroxyl groups excluding tert-OH is 1. The van der Waals surface area contributed by atoms with Gasteiger partial charge in [0.25, 0.3) is 0 Å². The molecular weight excluding hydrogens is 232 g/mol. The predicted molar refractivity (Wildman–Crippen MR) is 54.2 cm³/mol. The molecule has 0 aliphatic carbocycles. The van der Waals surface area contributed by atoms with Crippen LogP contribution in [-0.2, 0) is 0 Å². The molecule has 0 aliphatic rings. The van der Waals surface area contributed by atoms with Crippen LogP contribution in [0.4, 0.5) is 0 Å². The van der Waals surface area contributed by atoms with Crippen LogP contribution in [-0.4, -0.2) is 13.9 Å². The van der Waals surface area contributed by atoms with E-state index in [0.717, 1.165) is 5.69 Å². The van der Waals surface area contributed by atoms with Crippen molar-refractivity contribution in [1.82, 2.24) is 4.98 Å². The molecule has 1 aromatic rings. The average molecular weight is 241 g/mol. The van der Waals surface area contributed by atoms with Gasteiger partial charge in [-0.1, -0.05) is 40.9 Å². The van der Waals surface area contributed by atoms with Crippen LogP contribution in [0.25, 0.3) is 0 Å². The van der Waals surface area contributed by atoms with E-state index < -0.39 is 9.90 Å². The molecule has 1 atom stereocenters. The number of rotatable bonds is 1. The van der Waals surface area contributed by atoms with Gasteiger partial charge in [0.2, 0.25) is 3.79 Å². The first-order valence-electron chi connectivity index (χ1n) is 3.59. The average Bonchev–Trinajstić information content (AvgIpc) is 2.01. The molecule has 0 aromatic carbocycles. The zero-order valence-corrected chi connectivity index (χ0v) is 9.11. The van der Waals surface area contributed by atoms with Crippen molar-refractivity contribution in [3.05, 3.63) is 29.6 Å². The Kier molecular flexibility index (Phi) is 3.41. The molecule has 0 aliphatic heterocycles. The van der Waals surface area contributed by atoms with Crippen molar-refractivity contribution in [2.45, 2.75) is 16.8 Å². The van der Waals surface area contributed by atoms with Crippen LogP contribution in [0.15, 0.2) is 18.2 Å². The minimum Gasteiger partial charge on any atom is -0.382 e. The molecule has 1 unspecified atom stereocenters. The number of aromatic nitrogens is 1. The second-order valence-corrected chi connectivity index (χ2v) is 5.02. The Bertz CT molecular complexity index is 298. The Morgan fingerprint density at radius 2 is 2.00 bits per heavy atom. The lowest BCUT2D eigenvalue weighted by molar-refractivity contribution is 0.177. The highest BCUT2D eigenvalue weighted by molar-refractivity contribution is 6.67. The summed E-state index contributed by atoms with van der Waals surface area (Å²) in [6.45, 7) is 1.80. The largest absolute Gasteiger partial charge is 0.382 e. The molecule has 0 spiro atoms. The summed E-state index contributed by atoms with van der Waals surface area (Å²) in [6, 6.07) is 5.16. The fourth-order valence-electron chi connectivity index (χ4n) is 0.884. The van der Waals surface area contributed by atoms with E-state index in [1.807, 2.05) is 0 Å². The molecule has 1 rings (SSSR count). The fraction of sp³-hybridized carbons (Fsp3) is 0.375. The van der Waals surface area contributed by atoms with Crippen LogP contribution in [0.3, 0.4) is 0 Å². The van der Waals surface area contributed by atoms with Crippen molar-refractivity contribution < 1.29 is 5.11 Å². The van der Waals surface area contributed by atoms with E-state index in [9.17, 15) is 5.11 Å². The molecule has 0 saturated heterocycles. The van der Waals surface area contributed by atoms with Crippen LogP contribution in [0.1, 0.15) is 17.5 Å². The molecule has 1 N–H and O–H groups in total. The van der Waals surface area contributed by atoms with E-state index in [2.05, 4.69) is 4.98 Å². The molecule has 72 valence electrons. The van der Waals surface area contributed by atoms with Gasteiger partial charge in [-0.15, -0.1) is 0 Å². The van der Waals surface area contributed by atoms with Crippen LogP contribution in [0.2, 0.25) is 0 Å². The van der Waals surface area contributed by atoms with Crippen molar-refractivity contribution in [3.8, 4) is 0 Å². The number of aryl methyl sites for hydroxylation is 1. The summed E-state index contributed by atoms with van der Waals surface area (Å²) >= 11 is 16.5. The summed E-state index contributed by atoms with van der Waals surface area (Å²) in [5, 5.41) is 9.52. The summed E-state index contributed by atoms with van der Waals surface area (Å²) in [6.07, 6.45) is -1.20. The Hall–Kier alpha value is -0.0200. The summed E-state index contributed by atoms with van der Waals surface area (Å²) in [5.41, 5.74) is 1.13. The van der Waals surface area contributed by atoms with Gasteiger partial charge in [0.1, 0.15) is 6.10 Å². The predicted octanol–water partition coefficient (Wildman–Crippen LogP) is 2.79. The smallest absolute Gasteiger partial charge is 0.221 e. The third-order valence-electron chi connectivity index (χ3n) is 1.50. The number of halogens is 3. The van der Waals surface area contributed by atoms with E-state index >= 15 is 0 Å². The number of nitrogens with zero attached hydrogens (tertiary/aromatic N) is 1. The lowest BCUT2D eigenvalue weighted by atomic mass is 10.2. The Labute approximate surface area is 91.4 Å². The first-order chi connectivity index (χ1) is 5.91. The van der Waals surface area contributed by atoms with Crippen molar-refractivity contribution in [2.75, 3.05) is 0 Å². The second-order valence-electron chi connectivity index (χ2n) is 2.65. The molecule has 5 heteroatoms. The summed E-state index contributed by atoms with van der Waals surface area (Å²) in [7, 11) is 0. The normalized spacial score (nSPS) is 14.2. The van der Waals surface area contributed by atoms with Gasteiger partial charge in [0.05, 0.1) is 5.69 Å². The van der Waals surface area contributed by atoms with E-state index in [1.54, 1.807) is 25.1 Å². The maximum absolute atomic E-state index is 9.52. The molecule has 13 heavy (non-hydrogen) atoms. The van der Waals surface area contributed by atoms with Gasteiger partial charge in [-0.05, 0) is 19.1 Å². The van der Waals surface area contributed by atoms with Gasteiger partial charge >= 0.3 is 0 Å². The highest BCUT2D eigenvalue weighted by atomic mass is 35.6. The Morgan fingerprint density at radius 3 is 2.46 bits per heavy atom. The number of hydrogen-bond donors (Lipinski definition) is 1. The molecule has 2 nitrogen and oxygen atoms in total. The molecule has 0 amide bonds. The van der Waals surface area contributed by atoms with Crippen LogP contribution in [0.5, 0.6) is 0 Å². The SMILES string of the molecule is Cc1cccc(C(O)C(Cl)(Cl)Cl)n1. The quantitative estimate of drug-likeness (QED) is 0.766. The highest BCUT2D eigenvalue weighted by Crippen LogP contribution is 2.38. The zero-order chi connectivity index (χ0) is 10.1. The van der Waals surface area contributed by atoms with Crippen LogP contribution >= 0.6 is 34.8 Å². The fourth-order valence-corrected chi connectivity index (χ4v) is 1.22. The molecular formula is C8H8Cl3NO. The maximum Gasteiger partial charge on any atom is 0.221 e. The molecule has 1 heterocycles. The van der Waals surface area contributed by atoms with Gasteiger partial charge in [-0.3, -0.25) is 4.98 Å².